The van der Waals surface area contributed by atoms with Crippen LogP contribution < -0.4 is 5.73 Å². The van der Waals surface area contributed by atoms with Gasteiger partial charge in [0.2, 0.25) is 0 Å². The monoisotopic (exact) mass is 207 g/mol. The maximum absolute atomic E-state index is 5.79. The van der Waals surface area contributed by atoms with Gasteiger partial charge in [-0.2, -0.15) is 0 Å². The molecule has 1 aromatic carbocycles. The molecule has 0 fully saturated rings. The van der Waals surface area contributed by atoms with Crippen LogP contribution in [0.1, 0.15) is 37.4 Å². The van der Waals surface area contributed by atoms with Gasteiger partial charge in [-0.1, -0.05) is 24.3 Å². The quantitative estimate of drug-likeness (QED) is 0.805. The van der Waals surface area contributed by atoms with E-state index in [1.165, 1.54) is 11.1 Å². The fourth-order valence-electron chi connectivity index (χ4n) is 1.48. The van der Waals surface area contributed by atoms with Crippen molar-refractivity contribution >= 4 is 0 Å². The predicted molar refractivity (Wildman–Crippen MR) is 63.8 cm³/mol. The van der Waals surface area contributed by atoms with Gasteiger partial charge in [0.1, 0.15) is 0 Å². The van der Waals surface area contributed by atoms with Gasteiger partial charge in [0.15, 0.2) is 0 Å². The summed E-state index contributed by atoms with van der Waals surface area (Å²) in [6, 6.07) is 8.65. The van der Waals surface area contributed by atoms with Gasteiger partial charge in [0.25, 0.3) is 0 Å². The van der Waals surface area contributed by atoms with Crippen LogP contribution in [0.5, 0.6) is 0 Å². The molecule has 0 aliphatic rings. The molecule has 0 saturated carbocycles. The van der Waals surface area contributed by atoms with E-state index in [1.54, 1.807) is 7.11 Å². The van der Waals surface area contributed by atoms with Crippen molar-refractivity contribution in [2.24, 2.45) is 5.73 Å². The fraction of sp³-hybridized carbons (Fsp3) is 0.538. The number of aryl methyl sites for hydroxylation is 1. The lowest BCUT2D eigenvalue weighted by molar-refractivity contribution is 0.111. The van der Waals surface area contributed by atoms with E-state index in [2.05, 4.69) is 31.2 Å². The normalized spacial score (nSPS) is 14.9. The number of benzene rings is 1. The van der Waals surface area contributed by atoms with Gasteiger partial charge in [-0.05, 0) is 37.8 Å². The third-order valence-corrected chi connectivity index (χ3v) is 2.75. The van der Waals surface area contributed by atoms with Crippen LogP contribution in [-0.4, -0.2) is 13.2 Å². The molecule has 2 heteroatoms. The Bertz CT molecular complexity index is 279. The van der Waals surface area contributed by atoms with E-state index in [9.17, 15) is 0 Å². The molecule has 0 bridgehead atoms. The van der Waals surface area contributed by atoms with Crippen LogP contribution in [0.15, 0.2) is 24.3 Å². The third-order valence-electron chi connectivity index (χ3n) is 2.75. The summed E-state index contributed by atoms with van der Waals surface area (Å²) in [6.07, 6.45) is 2.46. The number of ether oxygens (including phenoxy) is 1. The van der Waals surface area contributed by atoms with Gasteiger partial charge in [-0.25, -0.2) is 0 Å². The molecule has 0 aliphatic carbocycles. The highest BCUT2D eigenvalue weighted by molar-refractivity contribution is 5.24. The molecule has 15 heavy (non-hydrogen) atoms. The van der Waals surface area contributed by atoms with E-state index in [0.717, 1.165) is 12.8 Å². The van der Waals surface area contributed by atoms with Crippen LogP contribution >= 0.6 is 0 Å². The second-order valence-electron chi connectivity index (χ2n) is 4.12. The Morgan fingerprint density at radius 2 is 1.80 bits per heavy atom. The van der Waals surface area contributed by atoms with Crippen LogP contribution in [-0.2, 0) is 11.2 Å². The second kappa shape index (κ2) is 5.89. The summed E-state index contributed by atoms with van der Waals surface area (Å²) in [5.74, 6) is 0. The lowest BCUT2D eigenvalue weighted by Crippen LogP contribution is -2.07. The van der Waals surface area contributed by atoms with Crippen molar-refractivity contribution in [3.63, 3.8) is 0 Å². The Labute approximate surface area is 92.4 Å². The van der Waals surface area contributed by atoms with Crippen molar-refractivity contribution in [3.8, 4) is 0 Å². The van der Waals surface area contributed by atoms with Crippen molar-refractivity contribution in [2.75, 3.05) is 7.11 Å². The summed E-state index contributed by atoms with van der Waals surface area (Å²) >= 11 is 0. The van der Waals surface area contributed by atoms with Crippen molar-refractivity contribution in [2.45, 2.75) is 38.8 Å². The van der Waals surface area contributed by atoms with Gasteiger partial charge >= 0.3 is 0 Å². The first-order valence-electron chi connectivity index (χ1n) is 5.50. The Balaban J connectivity index is 2.50. The van der Waals surface area contributed by atoms with Gasteiger partial charge in [-0.3, -0.25) is 0 Å². The van der Waals surface area contributed by atoms with Crippen molar-refractivity contribution in [1.29, 1.82) is 0 Å². The lowest BCUT2D eigenvalue weighted by atomic mass is 10.0. The van der Waals surface area contributed by atoms with E-state index in [-0.39, 0.29) is 6.04 Å². The molecule has 0 radical (unpaired) electrons. The molecule has 2 N–H and O–H groups in total. The average molecular weight is 207 g/mol. The van der Waals surface area contributed by atoms with Gasteiger partial charge < -0.3 is 10.5 Å². The number of rotatable bonds is 5. The van der Waals surface area contributed by atoms with Gasteiger partial charge in [0.05, 0.1) is 6.10 Å². The van der Waals surface area contributed by atoms with E-state index in [0.29, 0.717) is 6.10 Å². The molecule has 0 heterocycles. The molecule has 0 saturated heterocycles. The first-order valence-corrected chi connectivity index (χ1v) is 5.50. The summed E-state index contributed by atoms with van der Waals surface area (Å²) in [6.45, 7) is 4.10. The van der Waals surface area contributed by atoms with Crippen LogP contribution in [0.4, 0.5) is 0 Å². The molecule has 0 amide bonds. The second-order valence-corrected chi connectivity index (χ2v) is 4.12. The molecule has 2 atom stereocenters. The Morgan fingerprint density at radius 3 is 2.27 bits per heavy atom. The third kappa shape index (κ3) is 4.02. The Hall–Kier alpha value is -0.860. The summed E-state index contributed by atoms with van der Waals surface area (Å²) in [7, 11) is 1.75. The van der Waals surface area contributed by atoms with E-state index < -0.39 is 0 Å². The smallest absolute Gasteiger partial charge is 0.0546 e. The number of hydrogen-bond donors (Lipinski definition) is 1. The minimum atomic E-state index is 0.122. The van der Waals surface area contributed by atoms with E-state index in [1.807, 2.05) is 6.92 Å². The summed E-state index contributed by atoms with van der Waals surface area (Å²) < 4.78 is 5.21. The van der Waals surface area contributed by atoms with Crippen molar-refractivity contribution < 1.29 is 4.74 Å². The van der Waals surface area contributed by atoms with E-state index >= 15 is 0 Å². The molecule has 0 aromatic heterocycles. The minimum Gasteiger partial charge on any atom is -0.382 e. The standard InChI is InChI=1S/C13H21NO/c1-10(15-3)4-5-12-6-8-13(9-7-12)11(2)14/h6-11H,4-5,14H2,1-3H3. The van der Waals surface area contributed by atoms with Gasteiger partial charge in [0, 0.05) is 13.2 Å². The first kappa shape index (κ1) is 12.2. The van der Waals surface area contributed by atoms with Crippen LogP contribution in [0.3, 0.4) is 0 Å². The molecule has 1 rings (SSSR count). The molecular weight excluding hydrogens is 186 g/mol. The van der Waals surface area contributed by atoms with Crippen LogP contribution in [0.25, 0.3) is 0 Å². The maximum atomic E-state index is 5.79. The molecule has 0 aliphatic heterocycles. The van der Waals surface area contributed by atoms with Crippen LogP contribution in [0, 0.1) is 0 Å². The van der Waals surface area contributed by atoms with E-state index in [4.69, 9.17) is 10.5 Å². The summed E-state index contributed by atoms with van der Waals surface area (Å²) in [5, 5.41) is 0. The van der Waals surface area contributed by atoms with Crippen molar-refractivity contribution in [3.05, 3.63) is 35.4 Å². The van der Waals surface area contributed by atoms with Crippen LogP contribution in [0.2, 0.25) is 0 Å². The Morgan fingerprint density at radius 1 is 1.20 bits per heavy atom. The largest absolute Gasteiger partial charge is 0.382 e. The minimum absolute atomic E-state index is 0.122. The number of methoxy groups -OCH3 is 1. The zero-order valence-corrected chi connectivity index (χ0v) is 9.86. The van der Waals surface area contributed by atoms with Gasteiger partial charge in [-0.15, -0.1) is 0 Å². The number of hydrogen-bond acceptors (Lipinski definition) is 2. The lowest BCUT2D eigenvalue weighted by Gasteiger charge is -2.10. The fourth-order valence-corrected chi connectivity index (χ4v) is 1.48. The Kier molecular flexibility index (Phi) is 4.79. The zero-order valence-electron chi connectivity index (χ0n) is 9.86. The predicted octanol–water partition coefficient (Wildman–Crippen LogP) is 2.67. The van der Waals surface area contributed by atoms with Crippen molar-refractivity contribution in [1.82, 2.24) is 0 Å². The molecule has 2 nitrogen and oxygen atoms in total. The molecule has 84 valence electrons. The average Bonchev–Trinajstić information content (AvgIpc) is 2.26. The SMILES string of the molecule is COC(C)CCc1ccc(C(C)N)cc1. The molecule has 2 unspecified atom stereocenters. The summed E-state index contributed by atoms with van der Waals surface area (Å²) in [5.41, 5.74) is 8.33. The topological polar surface area (TPSA) is 35.2 Å². The molecular formula is C13H21NO. The maximum Gasteiger partial charge on any atom is 0.0546 e. The summed E-state index contributed by atoms with van der Waals surface area (Å²) in [4.78, 5) is 0. The molecule has 0 spiro atoms. The highest BCUT2D eigenvalue weighted by atomic mass is 16.5. The zero-order chi connectivity index (χ0) is 11.3. The molecule has 1 aromatic rings. The highest BCUT2D eigenvalue weighted by Gasteiger charge is 2.02. The highest BCUT2D eigenvalue weighted by Crippen LogP contribution is 2.13. The first-order chi connectivity index (χ1) is 7.13. The number of nitrogens with two attached hydrogens (primary N) is 1.